The van der Waals surface area contributed by atoms with Gasteiger partial charge in [-0.15, -0.1) is 0 Å². The monoisotopic (exact) mass is 579 g/mol. The Morgan fingerprint density at radius 3 is 2.55 bits per heavy atom. The van der Waals surface area contributed by atoms with Gasteiger partial charge in [-0.25, -0.2) is 4.79 Å². The second-order valence-electron chi connectivity index (χ2n) is 11.1. The minimum Gasteiger partial charge on any atom is -0.489 e. The van der Waals surface area contributed by atoms with Crippen LogP contribution in [0.15, 0.2) is 58.2 Å². The van der Waals surface area contributed by atoms with Crippen molar-refractivity contribution in [2.24, 2.45) is 0 Å². The molecular formula is C29H34BrN5O3. The first-order chi connectivity index (χ1) is 18.2. The van der Waals surface area contributed by atoms with Gasteiger partial charge in [-0.3, -0.25) is 0 Å². The maximum Gasteiger partial charge on any atom is 0.338 e. The van der Waals surface area contributed by atoms with Crippen molar-refractivity contribution in [1.82, 2.24) is 20.2 Å². The summed E-state index contributed by atoms with van der Waals surface area (Å²) in [6.45, 7) is 8.84. The van der Waals surface area contributed by atoms with Gasteiger partial charge in [0.2, 0.25) is 5.95 Å². The zero-order valence-electron chi connectivity index (χ0n) is 22.3. The number of ether oxygens (including phenoxy) is 2. The summed E-state index contributed by atoms with van der Waals surface area (Å²) >= 11 is 3.60. The molecule has 3 aromatic rings. The van der Waals surface area contributed by atoms with Crippen molar-refractivity contribution in [2.45, 2.75) is 84.0 Å². The Kier molecular flexibility index (Phi) is 7.56. The van der Waals surface area contributed by atoms with Crippen LogP contribution >= 0.6 is 15.9 Å². The molecule has 200 valence electrons. The number of nitrogens with zero attached hydrogens (tertiary/aromatic N) is 4. The highest BCUT2D eigenvalue weighted by Gasteiger charge is 2.37. The van der Waals surface area contributed by atoms with Crippen LogP contribution in [-0.4, -0.2) is 32.3 Å². The van der Waals surface area contributed by atoms with Gasteiger partial charge in [0.25, 0.3) is 0 Å². The van der Waals surface area contributed by atoms with E-state index in [2.05, 4.69) is 81.8 Å². The van der Waals surface area contributed by atoms with Crippen LogP contribution in [0, 0.1) is 0 Å². The van der Waals surface area contributed by atoms with E-state index in [0.717, 1.165) is 41.3 Å². The molecule has 0 amide bonds. The van der Waals surface area contributed by atoms with E-state index >= 15 is 0 Å². The third-order valence-electron chi connectivity index (χ3n) is 7.24. The molecule has 1 saturated carbocycles. The van der Waals surface area contributed by atoms with Crippen LogP contribution in [0.25, 0.3) is 0 Å². The number of allylic oxidation sites excluding steroid dienone is 1. The van der Waals surface area contributed by atoms with Crippen molar-refractivity contribution in [3.63, 3.8) is 0 Å². The van der Waals surface area contributed by atoms with Crippen molar-refractivity contribution >= 4 is 27.8 Å². The number of benzene rings is 2. The lowest BCUT2D eigenvalue weighted by atomic mass is 9.87. The molecule has 0 radical (unpaired) electrons. The number of rotatable bonds is 6. The fourth-order valence-electron chi connectivity index (χ4n) is 5.09. The molecule has 0 spiro atoms. The largest absolute Gasteiger partial charge is 0.489 e. The Morgan fingerprint density at radius 1 is 1.11 bits per heavy atom. The number of hydrogen-bond acceptors (Lipinski definition) is 7. The predicted octanol–water partition coefficient (Wildman–Crippen LogP) is 6.48. The Labute approximate surface area is 231 Å². The van der Waals surface area contributed by atoms with Crippen LogP contribution in [0.5, 0.6) is 5.75 Å². The SMILES string of the molecule is CC1=C(C(=O)OC2CCCCC2)C(c2cc(Br)ccc2OCc2ccc(C(C)(C)C)cc2)n2nnnc2N1. The molecule has 2 aromatic carbocycles. The van der Waals surface area contributed by atoms with Crippen LogP contribution in [0.2, 0.25) is 0 Å². The number of tetrazole rings is 1. The number of carbonyl (C=O) groups excluding carboxylic acids is 1. The van der Waals surface area contributed by atoms with E-state index in [1.54, 1.807) is 4.68 Å². The number of halogens is 1. The maximum atomic E-state index is 13.6. The topological polar surface area (TPSA) is 91.2 Å². The summed E-state index contributed by atoms with van der Waals surface area (Å²) < 4.78 is 14.9. The van der Waals surface area contributed by atoms with E-state index in [-0.39, 0.29) is 17.5 Å². The minimum absolute atomic E-state index is 0.0678. The lowest BCUT2D eigenvalue weighted by molar-refractivity contribution is -0.146. The van der Waals surface area contributed by atoms with Crippen LogP contribution in [0.4, 0.5) is 5.95 Å². The molecule has 1 N–H and O–H groups in total. The summed E-state index contributed by atoms with van der Waals surface area (Å²) in [7, 11) is 0. The molecule has 9 heteroatoms. The fourth-order valence-corrected chi connectivity index (χ4v) is 5.47. The molecule has 1 aliphatic heterocycles. The Balaban J connectivity index is 1.47. The van der Waals surface area contributed by atoms with Crippen molar-refractivity contribution in [1.29, 1.82) is 0 Å². The van der Waals surface area contributed by atoms with Gasteiger partial charge in [0.05, 0.1) is 5.57 Å². The van der Waals surface area contributed by atoms with Crippen molar-refractivity contribution in [3.8, 4) is 5.75 Å². The van der Waals surface area contributed by atoms with E-state index in [0.29, 0.717) is 29.6 Å². The molecule has 0 saturated heterocycles. The van der Waals surface area contributed by atoms with E-state index in [9.17, 15) is 4.79 Å². The average Bonchev–Trinajstić information content (AvgIpc) is 3.35. The quantitative estimate of drug-likeness (QED) is 0.334. The molecule has 1 unspecified atom stereocenters. The smallest absolute Gasteiger partial charge is 0.338 e. The van der Waals surface area contributed by atoms with E-state index in [1.807, 2.05) is 25.1 Å². The van der Waals surface area contributed by atoms with Crippen molar-refractivity contribution < 1.29 is 14.3 Å². The third kappa shape index (κ3) is 5.62. The van der Waals surface area contributed by atoms with Gasteiger partial charge in [0.1, 0.15) is 24.5 Å². The first-order valence-electron chi connectivity index (χ1n) is 13.2. The van der Waals surface area contributed by atoms with Crippen molar-refractivity contribution in [3.05, 3.63) is 74.9 Å². The zero-order valence-corrected chi connectivity index (χ0v) is 23.9. The number of esters is 1. The molecule has 0 bridgehead atoms. The number of anilines is 1. The maximum absolute atomic E-state index is 13.6. The normalized spacial score (nSPS) is 18.1. The van der Waals surface area contributed by atoms with Crippen LogP contribution in [0.3, 0.4) is 0 Å². The fraction of sp³-hybridized carbons (Fsp3) is 0.448. The Bertz CT molecular complexity index is 1340. The minimum atomic E-state index is -0.604. The molecule has 38 heavy (non-hydrogen) atoms. The lowest BCUT2D eigenvalue weighted by Crippen LogP contribution is -2.32. The lowest BCUT2D eigenvalue weighted by Gasteiger charge is -2.30. The number of fused-ring (bicyclic) bond motifs is 1. The van der Waals surface area contributed by atoms with Crippen molar-refractivity contribution in [2.75, 3.05) is 5.32 Å². The summed E-state index contributed by atoms with van der Waals surface area (Å²) in [5.74, 6) is 0.763. The average molecular weight is 581 g/mol. The first-order valence-corrected chi connectivity index (χ1v) is 14.0. The van der Waals surface area contributed by atoms with Gasteiger partial charge in [-0.2, -0.15) is 4.68 Å². The standard InChI is InChI=1S/C29H34BrN5O3/c1-18-25(27(36)38-22-8-6-5-7-9-22)26(35-28(31-18)32-33-34-35)23-16-21(30)14-15-24(23)37-17-19-10-12-20(13-11-19)29(2,3)4/h10-16,22,26H,5-9,17H2,1-4H3,(H,31,32,34). The second-order valence-corrected chi connectivity index (χ2v) is 12.0. The van der Waals surface area contributed by atoms with Crippen LogP contribution in [-0.2, 0) is 21.6 Å². The molecule has 1 aliphatic carbocycles. The van der Waals surface area contributed by atoms with Gasteiger partial charge in [-0.05, 0) is 77.8 Å². The molecule has 1 atom stereocenters. The van der Waals surface area contributed by atoms with Gasteiger partial charge < -0.3 is 14.8 Å². The Hall–Kier alpha value is -3.20. The van der Waals surface area contributed by atoms with Gasteiger partial charge in [0.15, 0.2) is 0 Å². The summed E-state index contributed by atoms with van der Waals surface area (Å²) in [5.41, 5.74) is 4.34. The molecule has 5 rings (SSSR count). The molecule has 1 aromatic heterocycles. The van der Waals surface area contributed by atoms with Crippen LogP contribution < -0.4 is 10.1 Å². The third-order valence-corrected chi connectivity index (χ3v) is 7.73. The Morgan fingerprint density at radius 2 is 1.84 bits per heavy atom. The highest BCUT2D eigenvalue weighted by molar-refractivity contribution is 9.10. The molecule has 8 nitrogen and oxygen atoms in total. The first kappa shape index (κ1) is 26.4. The number of aromatic nitrogens is 4. The summed E-state index contributed by atoms with van der Waals surface area (Å²) in [4.78, 5) is 13.6. The van der Waals surface area contributed by atoms with Gasteiger partial charge in [-0.1, -0.05) is 72.5 Å². The van der Waals surface area contributed by atoms with Crippen LogP contribution in [0.1, 0.15) is 82.5 Å². The molecule has 2 aliphatic rings. The van der Waals surface area contributed by atoms with E-state index in [4.69, 9.17) is 9.47 Å². The number of nitrogens with one attached hydrogen (secondary N) is 1. The van der Waals surface area contributed by atoms with E-state index < -0.39 is 6.04 Å². The molecule has 2 heterocycles. The summed E-state index contributed by atoms with van der Waals surface area (Å²) in [6.07, 6.45) is 5.06. The molecular weight excluding hydrogens is 546 g/mol. The zero-order chi connectivity index (χ0) is 26.9. The molecule has 1 fully saturated rings. The number of carbonyl (C=O) groups is 1. The van der Waals surface area contributed by atoms with Gasteiger partial charge >= 0.3 is 5.97 Å². The highest BCUT2D eigenvalue weighted by atomic mass is 79.9. The second kappa shape index (κ2) is 10.9. The predicted molar refractivity (Wildman–Crippen MR) is 149 cm³/mol. The number of hydrogen-bond donors (Lipinski definition) is 1. The van der Waals surface area contributed by atoms with Gasteiger partial charge in [0, 0.05) is 15.7 Å². The summed E-state index contributed by atoms with van der Waals surface area (Å²) in [5, 5.41) is 15.4. The highest BCUT2D eigenvalue weighted by Crippen LogP contribution is 2.41. The van der Waals surface area contributed by atoms with E-state index in [1.165, 1.54) is 12.0 Å². The summed E-state index contributed by atoms with van der Waals surface area (Å²) in [6, 6.07) is 13.7.